The molecule has 1 aliphatic rings. The Kier molecular flexibility index (Phi) is 3.84. The highest BCUT2D eigenvalue weighted by atomic mass is 16.5. The van der Waals surface area contributed by atoms with Gasteiger partial charge in [-0.15, -0.1) is 0 Å². The highest BCUT2D eigenvalue weighted by Gasteiger charge is 2.19. The van der Waals surface area contributed by atoms with E-state index >= 15 is 0 Å². The number of aryl methyl sites for hydroxylation is 1. The quantitative estimate of drug-likeness (QED) is 0.908. The second-order valence-electron chi connectivity index (χ2n) is 5.38. The van der Waals surface area contributed by atoms with Crippen LogP contribution in [0.3, 0.4) is 0 Å². The number of fused-ring (bicyclic) bond motifs is 1. The Bertz CT molecular complexity index is 657. The average molecular weight is 288 g/mol. The molecule has 3 rings (SSSR count). The summed E-state index contributed by atoms with van der Waals surface area (Å²) in [5, 5.41) is 3.98. The molecule has 1 aromatic heterocycles. The number of nitrogens with one attached hydrogen (secondary N) is 2. The lowest BCUT2D eigenvalue weighted by atomic mass is 10.1. The van der Waals surface area contributed by atoms with Crippen molar-refractivity contribution in [2.24, 2.45) is 0 Å². The number of H-pyrrole nitrogens is 1. The van der Waals surface area contributed by atoms with Crippen molar-refractivity contribution in [1.82, 2.24) is 10.3 Å². The Hall–Kier alpha value is -2.01. The zero-order valence-corrected chi connectivity index (χ0v) is 12.4. The van der Waals surface area contributed by atoms with E-state index in [1.807, 2.05) is 25.1 Å². The number of methoxy groups -OCH3 is 1. The van der Waals surface area contributed by atoms with Gasteiger partial charge in [0.05, 0.1) is 13.2 Å². The molecule has 0 radical (unpaired) electrons. The van der Waals surface area contributed by atoms with E-state index in [0.717, 1.165) is 41.7 Å². The van der Waals surface area contributed by atoms with E-state index in [9.17, 15) is 4.79 Å². The topological polar surface area (TPSA) is 63.4 Å². The second-order valence-corrected chi connectivity index (χ2v) is 5.38. The average Bonchev–Trinajstić information content (AvgIpc) is 3.12. The maximum absolute atomic E-state index is 12.3. The zero-order valence-electron chi connectivity index (χ0n) is 12.4. The number of amides is 1. The minimum atomic E-state index is -0.0850. The van der Waals surface area contributed by atoms with Crippen LogP contribution < -0.4 is 10.1 Å². The molecule has 1 amide bonds. The third-order valence-corrected chi connectivity index (χ3v) is 4.01. The van der Waals surface area contributed by atoms with E-state index in [1.54, 1.807) is 7.11 Å². The molecule has 1 fully saturated rings. The summed E-state index contributed by atoms with van der Waals surface area (Å²) in [4.78, 5) is 15.5. The Labute approximate surface area is 123 Å². The van der Waals surface area contributed by atoms with Gasteiger partial charge in [-0.25, -0.2) is 0 Å². The zero-order chi connectivity index (χ0) is 14.8. The lowest BCUT2D eigenvalue weighted by Crippen LogP contribution is -2.32. The van der Waals surface area contributed by atoms with E-state index in [4.69, 9.17) is 9.47 Å². The van der Waals surface area contributed by atoms with Crippen molar-refractivity contribution in [2.45, 2.75) is 25.9 Å². The van der Waals surface area contributed by atoms with Crippen molar-refractivity contribution in [3.8, 4) is 5.75 Å². The summed E-state index contributed by atoms with van der Waals surface area (Å²) in [6.45, 7) is 3.31. The lowest BCUT2D eigenvalue weighted by Gasteiger charge is -2.10. The summed E-state index contributed by atoms with van der Waals surface area (Å²) in [6.07, 6.45) is 2.24. The van der Waals surface area contributed by atoms with E-state index in [-0.39, 0.29) is 12.0 Å². The largest absolute Gasteiger partial charge is 0.497 e. The highest BCUT2D eigenvalue weighted by molar-refractivity contribution is 6.01. The molecule has 1 atom stereocenters. The number of rotatable bonds is 4. The number of benzene rings is 1. The van der Waals surface area contributed by atoms with Gasteiger partial charge in [-0.1, -0.05) is 0 Å². The summed E-state index contributed by atoms with van der Waals surface area (Å²) in [6, 6.07) is 5.77. The van der Waals surface area contributed by atoms with Gasteiger partial charge in [0, 0.05) is 30.1 Å². The van der Waals surface area contributed by atoms with Crippen LogP contribution in [0.4, 0.5) is 0 Å². The highest BCUT2D eigenvalue weighted by Crippen LogP contribution is 2.25. The molecule has 1 aromatic carbocycles. The van der Waals surface area contributed by atoms with Crippen LogP contribution in [-0.4, -0.2) is 37.3 Å². The predicted octanol–water partition coefficient (Wildman–Crippen LogP) is 2.39. The molecule has 0 bridgehead atoms. The molecule has 0 saturated carbocycles. The number of hydrogen-bond donors (Lipinski definition) is 2. The normalized spacial score (nSPS) is 18.1. The summed E-state index contributed by atoms with van der Waals surface area (Å²) < 4.78 is 10.7. The van der Waals surface area contributed by atoms with E-state index in [1.165, 1.54) is 0 Å². The Balaban J connectivity index is 1.78. The standard InChI is InChI=1S/C16H20N2O3/c1-10-13-6-5-11(20-2)8-14(13)18-15(10)16(19)17-9-12-4-3-7-21-12/h5-6,8,12,18H,3-4,7,9H2,1-2H3,(H,17,19). The molecule has 1 unspecified atom stereocenters. The van der Waals surface area contributed by atoms with Gasteiger partial charge in [-0.05, 0) is 37.5 Å². The third-order valence-electron chi connectivity index (χ3n) is 4.01. The monoisotopic (exact) mass is 288 g/mol. The predicted molar refractivity (Wildman–Crippen MR) is 80.9 cm³/mol. The fraction of sp³-hybridized carbons (Fsp3) is 0.438. The maximum atomic E-state index is 12.3. The fourth-order valence-corrected chi connectivity index (χ4v) is 2.77. The number of aromatic nitrogens is 1. The van der Waals surface area contributed by atoms with Gasteiger partial charge in [-0.3, -0.25) is 4.79 Å². The fourth-order valence-electron chi connectivity index (χ4n) is 2.77. The number of carbonyl (C=O) groups excluding carboxylic acids is 1. The van der Waals surface area contributed by atoms with Crippen molar-refractivity contribution < 1.29 is 14.3 Å². The smallest absolute Gasteiger partial charge is 0.268 e. The van der Waals surface area contributed by atoms with Crippen LogP contribution in [0.1, 0.15) is 28.9 Å². The molecular formula is C16H20N2O3. The first-order chi connectivity index (χ1) is 10.2. The van der Waals surface area contributed by atoms with Crippen LogP contribution >= 0.6 is 0 Å². The molecule has 2 heterocycles. The molecule has 0 aliphatic carbocycles. The third kappa shape index (κ3) is 2.74. The Morgan fingerprint density at radius 1 is 1.52 bits per heavy atom. The minimum absolute atomic E-state index is 0.0850. The van der Waals surface area contributed by atoms with Crippen molar-refractivity contribution in [2.75, 3.05) is 20.3 Å². The van der Waals surface area contributed by atoms with E-state index in [0.29, 0.717) is 12.2 Å². The molecule has 2 N–H and O–H groups in total. The number of aromatic amines is 1. The summed E-state index contributed by atoms with van der Waals surface area (Å²) >= 11 is 0. The second kappa shape index (κ2) is 5.77. The molecule has 5 nitrogen and oxygen atoms in total. The molecule has 2 aromatic rings. The van der Waals surface area contributed by atoms with Gasteiger partial charge >= 0.3 is 0 Å². The van der Waals surface area contributed by atoms with Gasteiger partial charge in [0.25, 0.3) is 5.91 Å². The van der Waals surface area contributed by atoms with Crippen LogP contribution in [0, 0.1) is 6.92 Å². The number of ether oxygens (including phenoxy) is 2. The Morgan fingerprint density at radius 3 is 3.10 bits per heavy atom. The van der Waals surface area contributed by atoms with E-state index < -0.39 is 0 Å². The number of carbonyl (C=O) groups is 1. The Morgan fingerprint density at radius 2 is 2.38 bits per heavy atom. The maximum Gasteiger partial charge on any atom is 0.268 e. The summed E-state index contributed by atoms with van der Waals surface area (Å²) in [5.74, 6) is 0.688. The lowest BCUT2D eigenvalue weighted by molar-refractivity contribution is 0.0854. The van der Waals surface area contributed by atoms with Crippen molar-refractivity contribution in [3.63, 3.8) is 0 Å². The molecule has 1 saturated heterocycles. The van der Waals surface area contributed by atoms with Gasteiger partial charge in [0.15, 0.2) is 0 Å². The molecule has 5 heteroatoms. The minimum Gasteiger partial charge on any atom is -0.497 e. The first-order valence-electron chi connectivity index (χ1n) is 7.25. The van der Waals surface area contributed by atoms with Gasteiger partial charge in [0.2, 0.25) is 0 Å². The van der Waals surface area contributed by atoms with Crippen molar-refractivity contribution >= 4 is 16.8 Å². The molecular weight excluding hydrogens is 268 g/mol. The molecule has 21 heavy (non-hydrogen) atoms. The molecule has 0 spiro atoms. The van der Waals surface area contributed by atoms with Crippen LogP contribution in [0.25, 0.3) is 10.9 Å². The number of hydrogen-bond acceptors (Lipinski definition) is 3. The van der Waals surface area contributed by atoms with Crippen LogP contribution in [-0.2, 0) is 4.74 Å². The van der Waals surface area contributed by atoms with Crippen LogP contribution in [0.2, 0.25) is 0 Å². The SMILES string of the molecule is COc1ccc2c(C)c(C(=O)NCC3CCCO3)[nH]c2c1. The van der Waals surface area contributed by atoms with Crippen molar-refractivity contribution in [3.05, 3.63) is 29.5 Å². The van der Waals surface area contributed by atoms with Crippen LogP contribution in [0.15, 0.2) is 18.2 Å². The van der Waals surface area contributed by atoms with E-state index in [2.05, 4.69) is 10.3 Å². The van der Waals surface area contributed by atoms with Crippen molar-refractivity contribution in [1.29, 1.82) is 0 Å². The summed E-state index contributed by atoms with van der Waals surface area (Å²) in [5.41, 5.74) is 2.47. The summed E-state index contributed by atoms with van der Waals surface area (Å²) in [7, 11) is 1.63. The van der Waals surface area contributed by atoms with Gasteiger partial charge < -0.3 is 19.8 Å². The molecule has 1 aliphatic heterocycles. The first-order valence-corrected chi connectivity index (χ1v) is 7.25. The first kappa shape index (κ1) is 13.9. The van der Waals surface area contributed by atoms with Gasteiger partial charge in [0.1, 0.15) is 11.4 Å². The van der Waals surface area contributed by atoms with Crippen LogP contribution in [0.5, 0.6) is 5.75 Å². The molecule has 112 valence electrons. The van der Waals surface area contributed by atoms with Gasteiger partial charge in [-0.2, -0.15) is 0 Å².